The van der Waals surface area contributed by atoms with Crippen LogP contribution in [0.3, 0.4) is 0 Å². The first-order chi connectivity index (χ1) is 14.1. The van der Waals surface area contributed by atoms with Crippen molar-refractivity contribution in [1.82, 2.24) is 4.98 Å². The summed E-state index contributed by atoms with van der Waals surface area (Å²) >= 11 is 7.40. The fraction of sp³-hybridized carbons (Fsp3) is 0.273. The molecule has 2 aromatic carbocycles. The molecule has 30 heavy (non-hydrogen) atoms. The van der Waals surface area contributed by atoms with E-state index in [0.717, 1.165) is 16.1 Å². The van der Waals surface area contributed by atoms with Gasteiger partial charge < -0.3 is 0 Å². The molecule has 8 heteroatoms. The van der Waals surface area contributed by atoms with Crippen LogP contribution in [0.25, 0.3) is 0 Å². The first-order valence-electron chi connectivity index (χ1n) is 9.36. The number of nitrogens with zero attached hydrogens (tertiary/aromatic N) is 2. The normalized spacial score (nSPS) is 11.4. The largest absolute Gasteiger partial charge is 0.298 e. The van der Waals surface area contributed by atoms with E-state index in [1.165, 1.54) is 23.5 Å². The maximum Gasteiger partial charge on any atom is 0.273 e. The fourth-order valence-electron chi connectivity index (χ4n) is 3.13. The molecule has 0 aliphatic rings. The van der Waals surface area contributed by atoms with E-state index in [9.17, 15) is 14.9 Å². The fourth-order valence-corrected chi connectivity index (χ4v) is 4.46. The summed E-state index contributed by atoms with van der Waals surface area (Å²) in [5, 5.41) is 15.1. The average Bonchev–Trinajstić information content (AvgIpc) is 3.06. The van der Waals surface area contributed by atoms with Gasteiger partial charge in [-0.1, -0.05) is 50.6 Å². The molecule has 0 saturated carbocycles. The van der Waals surface area contributed by atoms with Crippen LogP contribution in [-0.2, 0) is 11.8 Å². The number of nitro benzene ring substituents is 1. The number of amides is 1. The van der Waals surface area contributed by atoms with E-state index in [1.807, 2.05) is 24.3 Å². The summed E-state index contributed by atoms with van der Waals surface area (Å²) < 4.78 is 0. The van der Waals surface area contributed by atoms with Crippen LogP contribution < -0.4 is 5.32 Å². The van der Waals surface area contributed by atoms with Crippen LogP contribution in [0.15, 0.2) is 42.5 Å². The number of nitrogens with one attached hydrogen (secondary N) is 1. The van der Waals surface area contributed by atoms with Gasteiger partial charge in [0.25, 0.3) is 11.6 Å². The molecule has 1 N–H and O–H groups in total. The molecular formula is C22H22ClN3O3S. The molecule has 1 heterocycles. The predicted molar refractivity (Wildman–Crippen MR) is 121 cm³/mol. The third-order valence-corrected chi connectivity index (χ3v) is 5.88. The Hall–Kier alpha value is -2.77. The lowest BCUT2D eigenvalue weighted by molar-refractivity contribution is -0.385. The zero-order chi connectivity index (χ0) is 22.1. The Bertz CT molecular complexity index is 1100. The van der Waals surface area contributed by atoms with Gasteiger partial charge in [0.05, 0.1) is 10.6 Å². The molecule has 1 amide bonds. The van der Waals surface area contributed by atoms with Gasteiger partial charge in [-0.2, -0.15) is 0 Å². The minimum absolute atomic E-state index is 0.0828. The first-order valence-corrected chi connectivity index (χ1v) is 10.6. The zero-order valence-corrected chi connectivity index (χ0v) is 18.7. The second-order valence-corrected chi connectivity index (χ2v) is 9.53. The molecule has 0 aliphatic heterocycles. The Morgan fingerprint density at radius 3 is 2.47 bits per heavy atom. The van der Waals surface area contributed by atoms with E-state index in [2.05, 4.69) is 31.1 Å². The van der Waals surface area contributed by atoms with E-state index < -0.39 is 10.8 Å². The molecule has 3 rings (SSSR count). The highest BCUT2D eigenvalue weighted by Gasteiger charge is 2.25. The highest BCUT2D eigenvalue weighted by molar-refractivity contribution is 7.16. The van der Waals surface area contributed by atoms with Crippen LogP contribution in [-0.4, -0.2) is 15.8 Å². The van der Waals surface area contributed by atoms with Crippen LogP contribution >= 0.6 is 22.9 Å². The molecule has 0 spiro atoms. The molecule has 3 aromatic rings. The van der Waals surface area contributed by atoms with Crippen LogP contribution in [0.4, 0.5) is 10.8 Å². The van der Waals surface area contributed by atoms with E-state index in [0.29, 0.717) is 22.1 Å². The van der Waals surface area contributed by atoms with Crippen LogP contribution in [0.1, 0.15) is 52.8 Å². The van der Waals surface area contributed by atoms with Crippen molar-refractivity contribution >= 4 is 39.7 Å². The lowest BCUT2D eigenvalue weighted by Crippen LogP contribution is -2.16. The zero-order valence-electron chi connectivity index (χ0n) is 17.2. The molecule has 0 aliphatic carbocycles. The quantitative estimate of drug-likeness (QED) is 0.378. The molecule has 0 unspecified atom stereocenters. The van der Waals surface area contributed by atoms with Crippen molar-refractivity contribution in [3.8, 4) is 0 Å². The third kappa shape index (κ3) is 4.86. The van der Waals surface area contributed by atoms with Gasteiger partial charge in [0.2, 0.25) is 0 Å². The van der Waals surface area contributed by atoms with Crippen molar-refractivity contribution in [3.63, 3.8) is 0 Å². The number of nitro groups is 1. The maximum atomic E-state index is 12.8. The van der Waals surface area contributed by atoms with E-state index in [-0.39, 0.29) is 16.7 Å². The number of carbonyl (C=O) groups is 1. The Morgan fingerprint density at radius 2 is 1.87 bits per heavy atom. The number of anilines is 1. The summed E-state index contributed by atoms with van der Waals surface area (Å²) in [6, 6.07) is 12.1. The van der Waals surface area contributed by atoms with Crippen molar-refractivity contribution in [1.29, 1.82) is 0 Å². The van der Waals surface area contributed by atoms with E-state index in [1.54, 1.807) is 13.0 Å². The second kappa shape index (κ2) is 8.53. The summed E-state index contributed by atoms with van der Waals surface area (Å²) in [5.41, 5.74) is 2.31. The van der Waals surface area contributed by atoms with Crippen molar-refractivity contribution < 1.29 is 9.72 Å². The van der Waals surface area contributed by atoms with Gasteiger partial charge in [-0.05, 0) is 30.7 Å². The van der Waals surface area contributed by atoms with E-state index in [4.69, 9.17) is 11.6 Å². The van der Waals surface area contributed by atoms with Crippen molar-refractivity contribution in [3.05, 3.63) is 84.9 Å². The number of hydrogen-bond donors (Lipinski definition) is 1. The number of hydrogen-bond acceptors (Lipinski definition) is 5. The predicted octanol–water partition coefficient (Wildman–Crippen LogP) is 6.15. The Labute approximate surface area is 184 Å². The Morgan fingerprint density at radius 1 is 1.20 bits per heavy atom. The molecule has 1 aromatic heterocycles. The van der Waals surface area contributed by atoms with Gasteiger partial charge in [0.15, 0.2) is 5.13 Å². The number of rotatable bonds is 5. The molecule has 156 valence electrons. The third-order valence-electron chi connectivity index (χ3n) is 4.65. The van der Waals surface area contributed by atoms with Gasteiger partial charge in [0, 0.05) is 38.9 Å². The number of thiazole rings is 1. The monoisotopic (exact) mass is 443 g/mol. The summed E-state index contributed by atoms with van der Waals surface area (Å²) in [6.45, 7) is 7.79. The average molecular weight is 444 g/mol. The molecule has 0 bridgehead atoms. The number of benzene rings is 2. The minimum atomic E-state index is -0.489. The molecular weight excluding hydrogens is 422 g/mol. The van der Waals surface area contributed by atoms with Crippen molar-refractivity contribution in [2.24, 2.45) is 0 Å². The standard InChI is InChI=1S/C22H22ClN3O3S/c1-13-16(6-5-7-17(13)26(28)29)20(27)25-21-24-19(22(2,3)4)18(30-21)12-14-8-10-15(23)11-9-14/h5-11H,12H2,1-4H3,(H,24,25,27). The van der Waals surface area contributed by atoms with Gasteiger partial charge in [-0.3, -0.25) is 20.2 Å². The minimum Gasteiger partial charge on any atom is -0.298 e. The van der Waals surface area contributed by atoms with E-state index >= 15 is 0 Å². The lowest BCUT2D eigenvalue weighted by Gasteiger charge is -2.17. The van der Waals surface area contributed by atoms with Crippen molar-refractivity contribution in [2.75, 3.05) is 5.32 Å². The second-order valence-electron chi connectivity index (χ2n) is 8.00. The molecule has 6 nitrogen and oxygen atoms in total. The smallest absolute Gasteiger partial charge is 0.273 e. The van der Waals surface area contributed by atoms with Crippen LogP contribution in [0.5, 0.6) is 0 Å². The summed E-state index contributed by atoms with van der Waals surface area (Å²) in [4.78, 5) is 29.2. The van der Waals surface area contributed by atoms with Gasteiger partial charge in [0.1, 0.15) is 0 Å². The highest BCUT2D eigenvalue weighted by atomic mass is 35.5. The van der Waals surface area contributed by atoms with Crippen LogP contribution in [0, 0.1) is 17.0 Å². The highest BCUT2D eigenvalue weighted by Crippen LogP contribution is 2.34. The molecule has 0 fully saturated rings. The number of aromatic nitrogens is 1. The molecule has 0 saturated heterocycles. The van der Waals surface area contributed by atoms with Crippen LogP contribution in [0.2, 0.25) is 5.02 Å². The Kier molecular flexibility index (Phi) is 6.24. The number of carbonyl (C=O) groups excluding carboxylic acids is 1. The topological polar surface area (TPSA) is 85.1 Å². The van der Waals surface area contributed by atoms with Gasteiger partial charge in [-0.25, -0.2) is 4.98 Å². The number of halogens is 1. The maximum absolute atomic E-state index is 12.8. The summed E-state index contributed by atoms with van der Waals surface area (Å²) in [7, 11) is 0. The lowest BCUT2D eigenvalue weighted by atomic mass is 9.90. The van der Waals surface area contributed by atoms with Gasteiger partial charge in [-0.15, -0.1) is 11.3 Å². The molecule has 0 radical (unpaired) electrons. The van der Waals surface area contributed by atoms with Crippen molar-refractivity contribution in [2.45, 2.75) is 39.5 Å². The van der Waals surface area contributed by atoms with Gasteiger partial charge >= 0.3 is 0 Å². The first kappa shape index (κ1) is 21.9. The molecule has 0 atom stereocenters. The Balaban J connectivity index is 1.91. The SMILES string of the molecule is Cc1c(C(=O)Nc2nc(C(C)(C)C)c(Cc3ccc(Cl)cc3)s2)cccc1[N+](=O)[O-]. The summed E-state index contributed by atoms with van der Waals surface area (Å²) in [5.74, 6) is -0.413. The summed E-state index contributed by atoms with van der Waals surface area (Å²) in [6.07, 6.45) is 0.674.